The van der Waals surface area contributed by atoms with Crippen LogP contribution in [0.1, 0.15) is 43.2 Å². The second-order valence-corrected chi connectivity index (χ2v) is 7.52. The van der Waals surface area contributed by atoms with Crippen LogP contribution in [-0.2, 0) is 11.2 Å². The van der Waals surface area contributed by atoms with Gasteiger partial charge in [-0.3, -0.25) is 4.79 Å². The first-order chi connectivity index (χ1) is 12.7. The number of likely N-dealkylation sites (tertiary alicyclic amines) is 1. The lowest BCUT2D eigenvalue weighted by Crippen LogP contribution is -2.45. The monoisotopic (exact) mass is 347 g/mol. The summed E-state index contributed by atoms with van der Waals surface area (Å²) in [6, 6.07) is 14.9. The average Bonchev–Trinajstić information content (AvgIpc) is 3.37. The zero-order chi connectivity index (χ0) is 17.9. The predicted octanol–water partition coefficient (Wildman–Crippen LogP) is 3.39. The van der Waals surface area contributed by atoms with Gasteiger partial charge in [0.1, 0.15) is 0 Å². The normalized spacial score (nSPS) is 22.7. The molecule has 2 atom stereocenters. The van der Waals surface area contributed by atoms with Gasteiger partial charge in [0.25, 0.3) is 0 Å². The van der Waals surface area contributed by atoms with Gasteiger partial charge in [-0.2, -0.15) is 5.26 Å². The van der Waals surface area contributed by atoms with E-state index in [1.165, 1.54) is 10.9 Å². The number of benzene rings is 2. The number of nitrogens with one attached hydrogen (secondary N) is 1. The number of carbonyl (C=O) groups excluding carboxylic acids is 1. The Morgan fingerprint density at radius 1 is 1.15 bits per heavy atom. The molecular weight excluding hydrogens is 322 g/mol. The van der Waals surface area contributed by atoms with Crippen LogP contribution in [-0.4, -0.2) is 36.0 Å². The van der Waals surface area contributed by atoms with E-state index in [9.17, 15) is 4.79 Å². The lowest BCUT2D eigenvalue weighted by atomic mass is 9.99. The minimum absolute atomic E-state index is 0.0469. The van der Waals surface area contributed by atoms with Gasteiger partial charge in [0.15, 0.2) is 0 Å². The van der Waals surface area contributed by atoms with Crippen LogP contribution in [0.25, 0.3) is 10.8 Å². The van der Waals surface area contributed by atoms with E-state index in [1.807, 2.05) is 18.2 Å². The SMILES string of the molecule is N#Cc1ccc2cc(CC[C@H]3CCCN3C(=O)[C@H]3CCCN3)ccc2c1. The molecule has 0 spiro atoms. The number of fused-ring (bicyclic) bond motifs is 1. The van der Waals surface area contributed by atoms with E-state index in [-0.39, 0.29) is 6.04 Å². The summed E-state index contributed by atoms with van der Waals surface area (Å²) >= 11 is 0. The molecule has 1 N–H and O–H groups in total. The second kappa shape index (κ2) is 7.47. The smallest absolute Gasteiger partial charge is 0.239 e. The van der Waals surface area contributed by atoms with E-state index in [2.05, 4.69) is 34.5 Å². The lowest BCUT2D eigenvalue weighted by Gasteiger charge is -2.27. The van der Waals surface area contributed by atoms with E-state index >= 15 is 0 Å². The van der Waals surface area contributed by atoms with Crippen molar-refractivity contribution in [1.29, 1.82) is 5.26 Å². The van der Waals surface area contributed by atoms with Crippen LogP contribution in [0.15, 0.2) is 36.4 Å². The molecule has 0 bridgehead atoms. The van der Waals surface area contributed by atoms with Crippen molar-refractivity contribution >= 4 is 16.7 Å². The van der Waals surface area contributed by atoms with Crippen molar-refractivity contribution in [3.8, 4) is 6.07 Å². The van der Waals surface area contributed by atoms with Crippen LogP contribution in [0.4, 0.5) is 0 Å². The van der Waals surface area contributed by atoms with Crippen LogP contribution in [0, 0.1) is 11.3 Å². The highest BCUT2D eigenvalue weighted by Crippen LogP contribution is 2.25. The molecule has 2 aromatic carbocycles. The summed E-state index contributed by atoms with van der Waals surface area (Å²) in [5, 5.41) is 14.6. The molecule has 2 saturated heterocycles. The zero-order valence-electron chi connectivity index (χ0n) is 15.1. The maximum Gasteiger partial charge on any atom is 0.239 e. The number of hydrogen-bond acceptors (Lipinski definition) is 3. The summed E-state index contributed by atoms with van der Waals surface area (Å²) in [6.45, 7) is 1.88. The molecule has 0 saturated carbocycles. The molecule has 0 unspecified atom stereocenters. The Labute approximate surface area is 154 Å². The molecule has 0 aromatic heterocycles. The summed E-state index contributed by atoms with van der Waals surface area (Å²) in [6.07, 6.45) is 6.36. The van der Waals surface area contributed by atoms with E-state index in [4.69, 9.17) is 5.26 Å². The highest BCUT2D eigenvalue weighted by Gasteiger charge is 2.33. The van der Waals surface area contributed by atoms with Crippen molar-refractivity contribution in [3.05, 3.63) is 47.5 Å². The summed E-state index contributed by atoms with van der Waals surface area (Å²) in [5.74, 6) is 0.313. The zero-order valence-corrected chi connectivity index (χ0v) is 15.1. The van der Waals surface area contributed by atoms with Crippen molar-refractivity contribution in [2.24, 2.45) is 0 Å². The van der Waals surface area contributed by atoms with Crippen molar-refractivity contribution in [3.63, 3.8) is 0 Å². The minimum atomic E-state index is 0.0469. The average molecular weight is 347 g/mol. The van der Waals surface area contributed by atoms with Gasteiger partial charge in [-0.15, -0.1) is 0 Å². The topological polar surface area (TPSA) is 56.1 Å². The van der Waals surface area contributed by atoms with Gasteiger partial charge in [-0.1, -0.05) is 24.3 Å². The Balaban J connectivity index is 1.42. The van der Waals surface area contributed by atoms with Gasteiger partial charge in [0.05, 0.1) is 17.7 Å². The van der Waals surface area contributed by atoms with Gasteiger partial charge in [-0.25, -0.2) is 0 Å². The Kier molecular flexibility index (Phi) is 4.90. The van der Waals surface area contributed by atoms with Crippen LogP contribution in [0.2, 0.25) is 0 Å². The van der Waals surface area contributed by atoms with Gasteiger partial charge < -0.3 is 10.2 Å². The molecule has 0 radical (unpaired) electrons. The van der Waals surface area contributed by atoms with Gasteiger partial charge in [0.2, 0.25) is 5.91 Å². The number of hydrogen-bond donors (Lipinski definition) is 1. The van der Waals surface area contributed by atoms with Gasteiger partial charge in [-0.05, 0) is 73.5 Å². The lowest BCUT2D eigenvalue weighted by molar-refractivity contribution is -0.134. The first kappa shape index (κ1) is 17.1. The second-order valence-electron chi connectivity index (χ2n) is 7.52. The maximum atomic E-state index is 12.7. The molecule has 2 aliphatic heterocycles. The number of aryl methyl sites for hydroxylation is 1. The van der Waals surface area contributed by atoms with Crippen molar-refractivity contribution in [2.75, 3.05) is 13.1 Å². The van der Waals surface area contributed by atoms with Crippen molar-refractivity contribution in [1.82, 2.24) is 10.2 Å². The van der Waals surface area contributed by atoms with Gasteiger partial charge >= 0.3 is 0 Å². The third-order valence-electron chi connectivity index (χ3n) is 5.82. The quantitative estimate of drug-likeness (QED) is 0.922. The number of carbonyl (C=O) groups is 1. The summed E-state index contributed by atoms with van der Waals surface area (Å²) in [7, 11) is 0. The predicted molar refractivity (Wildman–Crippen MR) is 103 cm³/mol. The fourth-order valence-electron chi connectivity index (χ4n) is 4.38. The van der Waals surface area contributed by atoms with Crippen LogP contribution in [0.5, 0.6) is 0 Å². The molecule has 0 aliphatic carbocycles. The molecule has 2 heterocycles. The summed E-state index contributed by atoms with van der Waals surface area (Å²) < 4.78 is 0. The Hall–Kier alpha value is -2.38. The van der Waals surface area contributed by atoms with E-state index in [0.717, 1.165) is 57.0 Å². The molecule has 2 fully saturated rings. The first-order valence-corrected chi connectivity index (χ1v) is 9.71. The summed E-state index contributed by atoms with van der Waals surface area (Å²) in [4.78, 5) is 14.9. The van der Waals surface area contributed by atoms with E-state index in [1.54, 1.807) is 0 Å². The number of amides is 1. The number of nitrogens with zero attached hydrogens (tertiary/aromatic N) is 2. The fourth-order valence-corrected chi connectivity index (χ4v) is 4.38. The third kappa shape index (κ3) is 3.45. The fraction of sp³-hybridized carbons (Fsp3) is 0.455. The standard InChI is InChI=1S/C22H25N3O/c23-15-17-6-9-18-13-16(5-8-19(18)14-17)7-10-20-3-2-12-25(20)22(26)21-4-1-11-24-21/h5-6,8-9,13-14,20-21,24H,1-4,7,10-12H2/t20-,21-/m1/s1. The highest BCUT2D eigenvalue weighted by molar-refractivity contribution is 5.84. The Morgan fingerprint density at radius 2 is 2.00 bits per heavy atom. The maximum absolute atomic E-state index is 12.7. The summed E-state index contributed by atoms with van der Waals surface area (Å²) in [5.41, 5.74) is 2.01. The van der Waals surface area contributed by atoms with Crippen LogP contribution >= 0.6 is 0 Å². The molecule has 4 rings (SSSR count). The van der Waals surface area contributed by atoms with Crippen molar-refractivity contribution in [2.45, 2.75) is 50.6 Å². The van der Waals surface area contributed by atoms with E-state index in [0.29, 0.717) is 17.5 Å². The number of nitriles is 1. The molecule has 4 heteroatoms. The molecule has 2 aromatic rings. The molecular formula is C22H25N3O. The number of rotatable bonds is 4. The Bertz CT molecular complexity index is 848. The minimum Gasteiger partial charge on any atom is -0.338 e. The first-order valence-electron chi connectivity index (χ1n) is 9.71. The highest BCUT2D eigenvalue weighted by atomic mass is 16.2. The van der Waals surface area contributed by atoms with E-state index < -0.39 is 0 Å². The molecule has 4 nitrogen and oxygen atoms in total. The van der Waals surface area contributed by atoms with Crippen LogP contribution < -0.4 is 5.32 Å². The van der Waals surface area contributed by atoms with Crippen LogP contribution in [0.3, 0.4) is 0 Å². The molecule has 1 amide bonds. The third-order valence-corrected chi connectivity index (χ3v) is 5.82. The van der Waals surface area contributed by atoms with Gasteiger partial charge in [0, 0.05) is 12.6 Å². The Morgan fingerprint density at radius 3 is 2.81 bits per heavy atom. The molecule has 2 aliphatic rings. The molecule has 26 heavy (non-hydrogen) atoms. The largest absolute Gasteiger partial charge is 0.338 e. The van der Waals surface area contributed by atoms with Crippen molar-refractivity contribution < 1.29 is 4.79 Å². The molecule has 134 valence electrons.